The number of fused-ring (bicyclic) bond motifs is 3. The average Bonchev–Trinajstić information content (AvgIpc) is 3.14. The molecule has 3 atom stereocenters. The molecule has 0 spiro atoms. The molecule has 2 bridgehead atoms. The maximum Gasteiger partial charge on any atom is 0.307 e. The molecule has 0 amide bonds. The van der Waals surface area contributed by atoms with E-state index in [1.807, 2.05) is 0 Å². The van der Waals surface area contributed by atoms with Gasteiger partial charge in [-0.3, -0.25) is 4.79 Å². The van der Waals surface area contributed by atoms with E-state index in [0.717, 1.165) is 36.1 Å². The maximum atomic E-state index is 12.6. The quantitative estimate of drug-likeness (QED) is 0.931. The van der Waals surface area contributed by atoms with E-state index in [1.54, 1.807) is 29.8 Å². The Morgan fingerprint density at radius 1 is 1.27 bits per heavy atom. The highest BCUT2D eigenvalue weighted by Gasteiger charge is 2.41. The molecule has 2 aromatic rings. The predicted molar refractivity (Wildman–Crippen MR) is 86.6 cm³/mol. The zero-order chi connectivity index (χ0) is 15.5. The van der Waals surface area contributed by atoms with Crippen molar-refractivity contribution in [1.82, 2.24) is 9.29 Å². The van der Waals surface area contributed by atoms with Crippen LogP contribution >= 0.6 is 11.3 Å². The Labute approximate surface area is 133 Å². The Morgan fingerprint density at radius 3 is 2.77 bits per heavy atom. The van der Waals surface area contributed by atoms with E-state index < -0.39 is 10.0 Å². The summed E-state index contributed by atoms with van der Waals surface area (Å²) >= 11 is 1.08. The fraction of sp³-hybridized carbons (Fsp3) is 0.533. The first kappa shape index (κ1) is 14.4. The largest absolute Gasteiger partial charge is 0.307 e. The summed E-state index contributed by atoms with van der Waals surface area (Å²) in [6.07, 6.45) is 4.50. The number of nitrogens with zero attached hydrogens (tertiary/aromatic N) is 1. The highest BCUT2D eigenvalue weighted by molar-refractivity contribution is 7.89. The second-order valence-electron chi connectivity index (χ2n) is 6.46. The van der Waals surface area contributed by atoms with E-state index >= 15 is 0 Å². The zero-order valence-corrected chi connectivity index (χ0v) is 13.9. The molecule has 0 radical (unpaired) electrons. The molecule has 22 heavy (non-hydrogen) atoms. The minimum absolute atomic E-state index is 0.0777. The number of aromatic nitrogens is 1. The predicted octanol–water partition coefficient (Wildman–Crippen LogP) is 2.07. The van der Waals surface area contributed by atoms with Gasteiger partial charge in [0.2, 0.25) is 10.0 Å². The van der Waals surface area contributed by atoms with Crippen molar-refractivity contribution in [1.29, 1.82) is 0 Å². The Balaban J connectivity index is 1.66. The molecule has 118 valence electrons. The van der Waals surface area contributed by atoms with Crippen molar-refractivity contribution in [3.8, 4) is 0 Å². The molecule has 7 heteroatoms. The van der Waals surface area contributed by atoms with E-state index in [2.05, 4.69) is 4.72 Å². The van der Waals surface area contributed by atoms with Gasteiger partial charge in [0.1, 0.15) is 0 Å². The lowest BCUT2D eigenvalue weighted by molar-refractivity contribution is 0.390. The molecule has 0 unspecified atom stereocenters. The molecule has 1 aromatic carbocycles. The molecule has 2 fully saturated rings. The Morgan fingerprint density at radius 2 is 2.09 bits per heavy atom. The van der Waals surface area contributed by atoms with Gasteiger partial charge in [0, 0.05) is 13.1 Å². The minimum Gasteiger partial charge on any atom is -0.302 e. The first-order valence-corrected chi connectivity index (χ1v) is 9.86. The van der Waals surface area contributed by atoms with E-state index in [1.165, 1.54) is 6.42 Å². The molecule has 1 aromatic heterocycles. The highest BCUT2D eigenvalue weighted by atomic mass is 32.2. The van der Waals surface area contributed by atoms with Crippen molar-refractivity contribution in [2.24, 2.45) is 18.9 Å². The van der Waals surface area contributed by atoms with E-state index in [9.17, 15) is 13.2 Å². The molecule has 1 N–H and O–H groups in total. The van der Waals surface area contributed by atoms with Crippen molar-refractivity contribution in [3.63, 3.8) is 0 Å². The SMILES string of the molecule is Cn1c(=O)sc2cc(S(=O)(=O)N[C@@H]3C[C@H]4CC[C@@H]3C4)ccc21. The summed E-state index contributed by atoms with van der Waals surface area (Å²) in [5.74, 6) is 1.19. The van der Waals surface area contributed by atoms with Gasteiger partial charge in [-0.2, -0.15) is 0 Å². The fourth-order valence-corrected chi connectivity index (χ4v) is 6.27. The molecule has 1 heterocycles. The van der Waals surface area contributed by atoms with Crippen LogP contribution in [0.15, 0.2) is 27.9 Å². The summed E-state index contributed by atoms with van der Waals surface area (Å²) in [5, 5.41) is 0. The lowest BCUT2D eigenvalue weighted by Gasteiger charge is -2.22. The molecule has 5 nitrogen and oxygen atoms in total. The summed E-state index contributed by atoms with van der Waals surface area (Å²) in [5.41, 5.74) is 0.772. The third-order valence-corrected chi connectivity index (χ3v) is 7.60. The van der Waals surface area contributed by atoms with Gasteiger partial charge in [0.15, 0.2) is 0 Å². The summed E-state index contributed by atoms with van der Waals surface area (Å²) in [7, 11) is -1.82. The molecular weight excluding hydrogens is 320 g/mol. The van der Waals surface area contributed by atoms with Crippen LogP contribution < -0.4 is 9.60 Å². The van der Waals surface area contributed by atoms with Crippen molar-refractivity contribution in [3.05, 3.63) is 27.9 Å². The number of benzene rings is 1. The van der Waals surface area contributed by atoms with Crippen molar-refractivity contribution < 1.29 is 8.42 Å². The molecule has 2 aliphatic rings. The van der Waals surface area contributed by atoms with Gasteiger partial charge in [0.05, 0.1) is 15.1 Å². The number of hydrogen-bond donors (Lipinski definition) is 1. The lowest BCUT2D eigenvalue weighted by atomic mass is 9.96. The van der Waals surface area contributed by atoms with Crippen LogP contribution in [0.5, 0.6) is 0 Å². The van der Waals surface area contributed by atoms with E-state index in [0.29, 0.717) is 16.5 Å². The fourth-order valence-electron chi connectivity index (χ4n) is 3.94. The number of rotatable bonds is 3. The molecule has 2 aliphatic carbocycles. The topological polar surface area (TPSA) is 68.2 Å². The minimum atomic E-state index is -3.52. The summed E-state index contributed by atoms with van der Waals surface area (Å²) in [6, 6.07) is 4.98. The molecule has 0 aliphatic heterocycles. The summed E-state index contributed by atoms with van der Waals surface area (Å²) < 4.78 is 30.4. The van der Waals surface area contributed by atoms with Gasteiger partial charge >= 0.3 is 4.87 Å². The van der Waals surface area contributed by atoms with Crippen LogP contribution in [0.2, 0.25) is 0 Å². The van der Waals surface area contributed by atoms with E-state index in [4.69, 9.17) is 0 Å². The molecular formula is C15H18N2O3S2. The van der Waals surface area contributed by atoms with Crippen molar-refractivity contribution in [2.45, 2.75) is 36.6 Å². The van der Waals surface area contributed by atoms with E-state index in [-0.39, 0.29) is 15.8 Å². The van der Waals surface area contributed by atoms with Crippen LogP contribution in [0.3, 0.4) is 0 Å². The molecule has 2 saturated carbocycles. The van der Waals surface area contributed by atoms with Gasteiger partial charge in [-0.15, -0.1) is 0 Å². The third kappa shape index (κ3) is 2.23. The standard InChI is InChI=1S/C15H18N2O3S2/c1-17-13-5-4-11(8-14(13)21-15(17)18)22(19,20)16-12-7-9-2-3-10(12)6-9/h4-5,8-10,12,16H,2-3,6-7H2,1H3/t9-,10+,12+/m0/s1. The first-order chi connectivity index (χ1) is 10.4. The summed E-state index contributed by atoms with van der Waals surface area (Å²) in [4.78, 5) is 11.9. The number of hydrogen-bond acceptors (Lipinski definition) is 4. The lowest BCUT2D eigenvalue weighted by Crippen LogP contribution is -2.38. The Bertz CT molecular complexity index is 897. The number of sulfonamides is 1. The number of nitrogens with one attached hydrogen (secondary N) is 1. The van der Waals surface area contributed by atoms with Crippen LogP contribution in [0.25, 0.3) is 10.2 Å². The van der Waals surface area contributed by atoms with Gasteiger partial charge in [-0.25, -0.2) is 13.1 Å². The van der Waals surface area contributed by atoms with Gasteiger partial charge in [-0.1, -0.05) is 17.8 Å². The van der Waals surface area contributed by atoms with Crippen LogP contribution in [-0.4, -0.2) is 19.0 Å². The highest BCUT2D eigenvalue weighted by Crippen LogP contribution is 2.44. The Kier molecular flexibility index (Phi) is 3.22. The van der Waals surface area contributed by atoms with Crippen molar-refractivity contribution >= 4 is 31.6 Å². The van der Waals surface area contributed by atoms with Crippen LogP contribution in [0, 0.1) is 11.8 Å². The van der Waals surface area contributed by atoms with Gasteiger partial charge < -0.3 is 4.57 Å². The number of thiazole rings is 1. The first-order valence-electron chi connectivity index (χ1n) is 7.56. The second-order valence-corrected chi connectivity index (χ2v) is 9.17. The monoisotopic (exact) mass is 338 g/mol. The maximum absolute atomic E-state index is 12.6. The van der Waals surface area contributed by atoms with Crippen LogP contribution in [0.4, 0.5) is 0 Å². The zero-order valence-electron chi connectivity index (χ0n) is 12.3. The average molecular weight is 338 g/mol. The number of aryl methyl sites for hydroxylation is 1. The van der Waals surface area contributed by atoms with Crippen molar-refractivity contribution in [2.75, 3.05) is 0 Å². The van der Waals surface area contributed by atoms with Gasteiger partial charge in [-0.05, 0) is 49.3 Å². The summed E-state index contributed by atoms with van der Waals surface area (Å²) in [6.45, 7) is 0. The van der Waals surface area contributed by atoms with Crippen LogP contribution in [0.1, 0.15) is 25.7 Å². The third-order valence-electron chi connectivity index (χ3n) is 5.12. The van der Waals surface area contributed by atoms with Crippen LogP contribution in [-0.2, 0) is 17.1 Å². The second kappa shape index (κ2) is 4.91. The molecule has 0 saturated heterocycles. The smallest absolute Gasteiger partial charge is 0.302 e. The normalized spacial score (nSPS) is 27.8. The molecule has 4 rings (SSSR count). The Hall–Kier alpha value is -1.18. The van der Waals surface area contributed by atoms with Gasteiger partial charge in [0.25, 0.3) is 0 Å².